The van der Waals surface area contributed by atoms with Crippen molar-refractivity contribution in [2.75, 3.05) is 33.7 Å². The monoisotopic (exact) mass is 429 g/mol. The lowest BCUT2D eigenvalue weighted by Crippen LogP contribution is -2.42. The number of nitrogens with zero attached hydrogens (tertiary/aromatic N) is 2. The number of carbonyl (C=O) groups is 2. The number of benzene rings is 1. The SMILES string of the molecule is CCN1CCC2(CC1)CC(NC(=O)N(C)C)c1cc(C)ccc12.O=C(O)C(F)(F)F. The van der Waals surface area contributed by atoms with Gasteiger partial charge in [0.2, 0.25) is 0 Å². The highest BCUT2D eigenvalue weighted by atomic mass is 19.4. The molecule has 1 aromatic rings. The Balaban J connectivity index is 0.000000396. The molecular weight excluding hydrogens is 399 g/mol. The second kappa shape index (κ2) is 9.24. The zero-order valence-electron chi connectivity index (χ0n) is 17.8. The second-order valence-electron chi connectivity index (χ2n) is 8.21. The largest absolute Gasteiger partial charge is 0.490 e. The number of rotatable bonds is 2. The van der Waals surface area contributed by atoms with Crippen LogP contribution in [0, 0.1) is 6.92 Å². The molecule has 2 N–H and O–H groups in total. The molecule has 1 fully saturated rings. The molecule has 1 aliphatic heterocycles. The zero-order chi connectivity index (χ0) is 22.7. The van der Waals surface area contributed by atoms with E-state index in [-0.39, 0.29) is 17.5 Å². The third-order valence-electron chi connectivity index (χ3n) is 5.96. The first-order valence-electron chi connectivity index (χ1n) is 10.0. The van der Waals surface area contributed by atoms with Gasteiger partial charge in [0.15, 0.2) is 0 Å². The third-order valence-corrected chi connectivity index (χ3v) is 5.96. The number of nitrogens with one attached hydrogen (secondary N) is 1. The zero-order valence-corrected chi connectivity index (χ0v) is 17.8. The first-order valence-corrected chi connectivity index (χ1v) is 10.0. The predicted octanol–water partition coefficient (Wildman–Crippen LogP) is 3.70. The van der Waals surface area contributed by atoms with Gasteiger partial charge in [0, 0.05) is 19.5 Å². The van der Waals surface area contributed by atoms with Gasteiger partial charge in [-0.2, -0.15) is 13.2 Å². The number of carboxylic acid groups (broad SMARTS) is 1. The minimum absolute atomic E-state index is 0.00509. The van der Waals surface area contributed by atoms with Gasteiger partial charge in [0.25, 0.3) is 0 Å². The maximum absolute atomic E-state index is 12.2. The highest BCUT2D eigenvalue weighted by Gasteiger charge is 2.45. The van der Waals surface area contributed by atoms with E-state index in [0.29, 0.717) is 0 Å². The summed E-state index contributed by atoms with van der Waals surface area (Å²) in [4.78, 5) is 25.2. The number of fused-ring (bicyclic) bond motifs is 2. The van der Waals surface area contributed by atoms with E-state index >= 15 is 0 Å². The number of carbonyl (C=O) groups excluding carboxylic acids is 1. The molecule has 0 radical (unpaired) electrons. The number of hydrogen-bond acceptors (Lipinski definition) is 3. The number of piperidine rings is 1. The van der Waals surface area contributed by atoms with Gasteiger partial charge in [-0.05, 0) is 56.9 Å². The summed E-state index contributed by atoms with van der Waals surface area (Å²) in [5.74, 6) is -2.76. The fraction of sp³-hybridized carbons (Fsp3) is 0.619. The molecule has 1 aromatic carbocycles. The van der Waals surface area contributed by atoms with Crippen molar-refractivity contribution in [2.24, 2.45) is 0 Å². The van der Waals surface area contributed by atoms with Crippen LogP contribution in [-0.2, 0) is 10.2 Å². The molecule has 1 atom stereocenters. The predicted molar refractivity (Wildman–Crippen MR) is 107 cm³/mol. The molecule has 2 aliphatic rings. The highest BCUT2D eigenvalue weighted by molar-refractivity contribution is 5.74. The summed E-state index contributed by atoms with van der Waals surface area (Å²) in [6, 6.07) is 6.96. The van der Waals surface area contributed by atoms with Crippen LogP contribution in [-0.4, -0.2) is 66.8 Å². The number of aryl methyl sites for hydroxylation is 1. The van der Waals surface area contributed by atoms with Crippen molar-refractivity contribution in [1.29, 1.82) is 0 Å². The molecule has 168 valence electrons. The number of urea groups is 1. The summed E-state index contributed by atoms with van der Waals surface area (Å²) in [6.07, 6.45) is -1.64. The first kappa shape index (κ1) is 24.0. The van der Waals surface area contributed by atoms with Gasteiger partial charge in [-0.1, -0.05) is 30.7 Å². The number of likely N-dealkylation sites (tertiary alicyclic amines) is 1. The number of amides is 2. The molecule has 0 aromatic heterocycles. The molecule has 1 saturated heterocycles. The molecule has 2 amide bonds. The molecule has 9 heteroatoms. The fourth-order valence-electron chi connectivity index (χ4n) is 4.24. The number of alkyl halides is 3. The number of hydrogen-bond donors (Lipinski definition) is 2. The van der Waals surface area contributed by atoms with Crippen molar-refractivity contribution in [3.8, 4) is 0 Å². The Hall–Kier alpha value is -2.29. The van der Waals surface area contributed by atoms with Crippen LogP contribution in [0.1, 0.15) is 48.9 Å². The Labute approximate surface area is 175 Å². The van der Waals surface area contributed by atoms with E-state index in [1.165, 1.54) is 29.5 Å². The molecule has 0 bridgehead atoms. The Morgan fingerprint density at radius 2 is 1.83 bits per heavy atom. The molecule has 6 nitrogen and oxygen atoms in total. The van der Waals surface area contributed by atoms with Gasteiger partial charge >= 0.3 is 18.2 Å². The van der Waals surface area contributed by atoms with E-state index in [0.717, 1.165) is 26.1 Å². The lowest BCUT2D eigenvalue weighted by atomic mass is 9.73. The van der Waals surface area contributed by atoms with Crippen LogP contribution in [0.15, 0.2) is 18.2 Å². The minimum Gasteiger partial charge on any atom is -0.475 e. The quantitative estimate of drug-likeness (QED) is 0.752. The number of carboxylic acids is 1. The number of aliphatic carboxylic acids is 1. The van der Waals surface area contributed by atoms with Gasteiger partial charge in [-0.3, -0.25) is 0 Å². The van der Waals surface area contributed by atoms with Gasteiger partial charge in [0.1, 0.15) is 0 Å². The van der Waals surface area contributed by atoms with Crippen molar-refractivity contribution < 1.29 is 27.9 Å². The molecule has 30 heavy (non-hydrogen) atoms. The summed E-state index contributed by atoms with van der Waals surface area (Å²) in [5.41, 5.74) is 4.34. The van der Waals surface area contributed by atoms with Crippen molar-refractivity contribution in [2.45, 2.75) is 50.7 Å². The van der Waals surface area contributed by atoms with Crippen LogP contribution in [0.5, 0.6) is 0 Å². The van der Waals surface area contributed by atoms with E-state index in [1.54, 1.807) is 19.0 Å². The lowest BCUT2D eigenvalue weighted by Gasteiger charge is -2.40. The molecular formula is C21H30F3N3O3. The van der Waals surface area contributed by atoms with E-state index in [2.05, 4.69) is 42.3 Å². The van der Waals surface area contributed by atoms with E-state index in [9.17, 15) is 18.0 Å². The van der Waals surface area contributed by atoms with Crippen molar-refractivity contribution in [3.05, 3.63) is 34.9 Å². The van der Waals surface area contributed by atoms with E-state index < -0.39 is 12.1 Å². The average molecular weight is 429 g/mol. The van der Waals surface area contributed by atoms with Crippen LogP contribution in [0.2, 0.25) is 0 Å². The Kier molecular flexibility index (Phi) is 7.39. The lowest BCUT2D eigenvalue weighted by molar-refractivity contribution is -0.192. The molecule has 3 rings (SSSR count). The average Bonchev–Trinajstić information content (AvgIpc) is 2.94. The van der Waals surface area contributed by atoms with E-state index in [1.807, 2.05) is 0 Å². The van der Waals surface area contributed by atoms with Gasteiger partial charge in [0.05, 0.1) is 6.04 Å². The summed E-state index contributed by atoms with van der Waals surface area (Å²) >= 11 is 0. The minimum atomic E-state index is -5.08. The van der Waals surface area contributed by atoms with Gasteiger partial charge < -0.3 is 20.2 Å². The van der Waals surface area contributed by atoms with Crippen molar-refractivity contribution >= 4 is 12.0 Å². The third kappa shape index (κ3) is 5.44. The fourth-order valence-corrected chi connectivity index (χ4v) is 4.24. The number of halogens is 3. The Bertz CT molecular complexity index is 772. The van der Waals surface area contributed by atoms with Gasteiger partial charge in [-0.15, -0.1) is 0 Å². The first-order chi connectivity index (χ1) is 13.9. The van der Waals surface area contributed by atoms with Gasteiger partial charge in [-0.25, -0.2) is 9.59 Å². The summed E-state index contributed by atoms with van der Waals surface area (Å²) < 4.78 is 31.7. The standard InChI is InChI=1S/C19H29N3O.C2HF3O2/c1-5-22-10-8-19(9-11-22)13-17(20-18(23)21(3)4)15-12-14(2)6-7-16(15)19;3-2(4,5)1(6)7/h6-7,12,17H,5,8-11,13H2,1-4H3,(H,20,23);(H,6,7). The molecule has 1 aliphatic carbocycles. The van der Waals surface area contributed by atoms with E-state index in [4.69, 9.17) is 9.90 Å². The maximum Gasteiger partial charge on any atom is 0.490 e. The Morgan fingerprint density at radius 1 is 1.27 bits per heavy atom. The second-order valence-corrected chi connectivity index (χ2v) is 8.21. The van der Waals surface area contributed by atoms with Crippen molar-refractivity contribution in [1.82, 2.24) is 15.1 Å². The highest BCUT2D eigenvalue weighted by Crippen LogP contribution is 2.51. The van der Waals surface area contributed by atoms with Crippen LogP contribution >= 0.6 is 0 Å². The molecule has 1 unspecified atom stereocenters. The Morgan fingerprint density at radius 3 is 2.30 bits per heavy atom. The smallest absolute Gasteiger partial charge is 0.475 e. The topological polar surface area (TPSA) is 72.9 Å². The van der Waals surface area contributed by atoms with Crippen molar-refractivity contribution in [3.63, 3.8) is 0 Å². The molecule has 0 saturated carbocycles. The maximum atomic E-state index is 12.2. The summed E-state index contributed by atoms with van der Waals surface area (Å²) in [5, 5.41) is 10.4. The van der Waals surface area contributed by atoms with Crippen LogP contribution in [0.25, 0.3) is 0 Å². The normalized spacial score (nSPS) is 20.2. The van der Waals surface area contributed by atoms with Crippen LogP contribution < -0.4 is 5.32 Å². The molecule has 1 spiro atoms. The van der Waals surface area contributed by atoms with Crippen LogP contribution in [0.4, 0.5) is 18.0 Å². The molecule has 1 heterocycles. The summed E-state index contributed by atoms with van der Waals surface area (Å²) in [6.45, 7) is 7.84. The van der Waals surface area contributed by atoms with Crippen LogP contribution in [0.3, 0.4) is 0 Å². The summed E-state index contributed by atoms with van der Waals surface area (Å²) in [7, 11) is 3.61.